The van der Waals surface area contributed by atoms with Gasteiger partial charge >= 0.3 is 12.5 Å². The van der Waals surface area contributed by atoms with Crippen LogP contribution in [-0.2, 0) is 11.0 Å². The van der Waals surface area contributed by atoms with E-state index >= 15 is 0 Å². The van der Waals surface area contributed by atoms with Gasteiger partial charge in [0.15, 0.2) is 4.32 Å². The molecule has 1 aliphatic heterocycles. The molecule has 34 heavy (non-hydrogen) atoms. The van der Waals surface area contributed by atoms with E-state index in [-0.39, 0.29) is 26.4 Å². The average molecular weight is 515 g/mol. The number of thiocarbonyl (C=S) groups is 1. The molecule has 4 nitrogen and oxygen atoms in total. The smallest absolute Gasteiger partial charge is 0.457 e. The molecule has 1 amide bonds. The molecule has 176 valence electrons. The van der Waals surface area contributed by atoms with Crippen molar-refractivity contribution in [2.75, 3.05) is 4.90 Å². The summed E-state index contributed by atoms with van der Waals surface area (Å²) in [6.45, 7) is 0. The second-order valence-corrected chi connectivity index (χ2v) is 8.52. The lowest BCUT2D eigenvalue weighted by atomic mass is 10.2. The molecule has 1 fully saturated rings. The summed E-state index contributed by atoms with van der Waals surface area (Å²) in [5.74, 6) is -0.435. The van der Waals surface area contributed by atoms with Crippen molar-refractivity contribution in [1.82, 2.24) is 0 Å². The summed E-state index contributed by atoms with van der Waals surface area (Å²) in [5.41, 5.74) is -0.460. The molecule has 0 spiro atoms. The maximum Gasteiger partial charge on any atom is 0.573 e. The van der Waals surface area contributed by atoms with Crippen molar-refractivity contribution in [2.45, 2.75) is 12.5 Å². The molecule has 0 radical (unpaired) electrons. The number of carbonyl (C=O) groups excluding carboxylic acids is 1. The van der Waals surface area contributed by atoms with Gasteiger partial charge in [-0.05, 0) is 54.6 Å². The van der Waals surface area contributed by atoms with Crippen molar-refractivity contribution in [3.63, 3.8) is 0 Å². The SMILES string of the molecule is O=C1C(=Cc2ccc(-c3ccc(OC(F)(F)F)cc3)o2)SC(=S)N1c1cccc(C(F)(F)F)c1. The zero-order chi connectivity index (χ0) is 24.7. The van der Waals surface area contributed by atoms with Gasteiger partial charge in [0.05, 0.1) is 16.2 Å². The predicted molar refractivity (Wildman–Crippen MR) is 118 cm³/mol. The lowest BCUT2D eigenvalue weighted by Crippen LogP contribution is -2.27. The molecule has 0 unspecified atom stereocenters. The summed E-state index contributed by atoms with van der Waals surface area (Å²) in [5, 5.41) is 0. The van der Waals surface area contributed by atoms with Crippen LogP contribution in [0.1, 0.15) is 11.3 Å². The number of anilines is 1. The van der Waals surface area contributed by atoms with E-state index in [9.17, 15) is 31.1 Å². The van der Waals surface area contributed by atoms with Crippen LogP contribution in [0.2, 0.25) is 0 Å². The number of amides is 1. The van der Waals surface area contributed by atoms with E-state index in [4.69, 9.17) is 16.6 Å². The fraction of sp³-hybridized carbons (Fsp3) is 0.0909. The van der Waals surface area contributed by atoms with Crippen LogP contribution in [0.4, 0.5) is 32.0 Å². The van der Waals surface area contributed by atoms with Gasteiger partial charge < -0.3 is 9.15 Å². The zero-order valence-electron chi connectivity index (χ0n) is 16.6. The number of thioether (sulfide) groups is 1. The Morgan fingerprint density at radius 1 is 0.971 bits per heavy atom. The van der Waals surface area contributed by atoms with Crippen LogP contribution < -0.4 is 9.64 Å². The average Bonchev–Trinajstić information content (AvgIpc) is 3.31. The summed E-state index contributed by atoms with van der Waals surface area (Å²) in [7, 11) is 0. The van der Waals surface area contributed by atoms with Crippen molar-refractivity contribution in [1.29, 1.82) is 0 Å². The van der Waals surface area contributed by atoms with Gasteiger partial charge in [-0.3, -0.25) is 9.69 Å². The number of nitrogens with zero attached hydrogens (tertiary/aromatic N) is 1. The second-order valence-electron chi connectivity index (χ2n) is 6.84. The van der Waals surface area contributed by atoms with Gasteiger partial charge in [0.25, 0.3) is 5.91 Å². The summed E-state index contributed by atoms with van der Waals surface area (Å²) in [6.07, 6.45) is -8.00. The molecule has 3 aromatic rings. The number of carbonyl (C=O) groups is 1. The van der Waals surface area contributed by atoms with E-state index in [1.54, 1.807) is 6.07 Å². The van der Waals surface area contributed by atoms with Gasteiger partial charge in [-0.25, -0.2) is 0 Å². The molecule has 0 N–H and O–H groups in total. The Balaban J connectivity index is 1.54. The molecule has 1 saturated heterocycles. The lowest BCUT2D eigenvalue weighted by Gasteiger charge is -2.16. The van der Waals surface area contributed by atoms with E-state index < -0.39 is 24.0 Å². The first kappa shape index (κ1) is 23.9. The minimum absolute atomic E-state index is 0.0120. The Labute approximate surface area is 197 Å². The van der Waals surface area contributed by atoms with Crippen LogP contribution in [0.3, 0.4) is 0 Å². The number of halogens is 6. The van der Waals surface area contributed by atoms with E-state index in [1.807, 2.05) is 0 Å². The van der Waals surface area contributed by atoms with Crippen LogP contribution in [0, 0.1) is 0 Å². The molecule has 0 saturated carbocycles. The molecule has 4 rings (SSSR count). The molecular weight excluding hydrogens is 504 g/mol. The Morgan fingerprint density at radius 2 is 1.68 bits per heavy atom. The Hall–Kier alpha value is -3.25. The van der Waals surface area contributed by atoms with Crippen molar-refractivity contribution >= 4 is 46.0 Å². The van der Waals surface area contributed by atoms with E-state index in [0.29, 0.717) is 11.3 Å². The number of rotatable bonds is 4. The fourth-order valence-corrected chi connectivity index (χ4v) is 4.33. The molecule has 0 aliphatic carbocycles. The van der Waals surface area contributed by atoms with Crippen molar-refractivity contribution in [3.05, 3.63) is 76.9 Å². The van der Waals surface area contributed by atoms with Crippen molar-refractivity contribution in [2.24, 2.45) is 0 Å². The zero-order valence-corrected chi connectivity index (χ0v) is 18.2. The Bertz CT molecular complexity index is 1280. The number of benzene rings is 2. The van der Waals surface area contributed by atoms with Gasteiger partial charge in [-0.2, -0.15) is 13.2 Å². The fourth-order valence-electron chi connectivity index (χ4n) is 3.05. The molecule has 2 heterocycles. The third kappa shape index (κ3) is 5.28. The van der Waals surface area contributed by atoms with Crippen LogP contribution in [0.5, 0.6) is 5.75 Å². The highest BCUT2D eigenvalue weighted by Crippen LogP contribution is 2.39. The minimum atomic E-state index is -4.81. The number of hydrogen-bond donors (Lipinski definition) is 0. The molecular formula is C22H11F6NO3S2. The first-order valence-electron chi connectivity index (χ1n) is 9.32. The molecule has 1 aliphatic rings. The third-order valence-electron chi connectivity index (χ3n) is 4.50. The largest absolute Gasteiger partial charge is 0.573 e. The Kier molecular flexibility index (Phi) is 6.21. The minimum Gasteiger partial charge on any atom is -0.457 e. The highest BCUT2D eigenvalue weighted by atomic mass is 32.2. The molecule has 1 aromatic heterocycles. The monoisotopic (exact) mass is 515 g/mol. The molecule has 2 aromatic carbocycles. The van der Waals surface area contributed by atoms with Crippen LogP contribution in [0.25, 0.3) is 17.4 Å². The molecule has 0 atom stereocenters. The van der Waals surface area contributed by atoms with Gasteiger partial charge in [-0.15, -0.1) is 13.2 Å². The summed E-state index contributed by atoms with van der Waals surface area (Å²) in [4.78, 5) is 14.0. The van der Waals surface area contributed by atoms with Crippen molar-refractivity contribution in [3.8, 4) is 17.1 Å². The van der Waals surface area contributed by atoms with Gasteiger partial charge in [0.2, 0.25) is 0 Å². The highest BCUT2D eigenvalue weighted by molar-refractivity contribution is 8.27. The van der Waals surface area contributed by atoms with Crippen LogP contribution in [0.15, 0.2) is 70.0 Å². The predicted octanol–water partition coefficient (Wildman–Crippen LogP) is 7.27. The summed E-state index contributed by atoms with van der Waals surface area (Å²) in [6, 6.07) is 12.4. The summed E-state index contributed by atoms with van der Waals surface area (Å²) >= 11 is 6.09. The number of furan rings is 1. The quantitative estimate of drug-likeness (QED) is 0.208. The normalized spacial score (nSPS) is 15.9. The van der Waals surface area contributed by atoms with Crippen LogP contribution in [-0.4, -0.2) is 16.6 Å². The number of hydrogen-bond acceptors (Lipinski definition) is 5. The van der Waals surface area contributed by atoms with E-state index in [2.05, 4.69) is 4.74 Å². The third-order valence-corrected chi connectivity index (χ3v) is 5.80. The molecule has 12 heteroatoms. The van der Waals surface area contributed by atoms with E-state index in [1.165, 1.54) is 36.4 Å². The van der Waals surface area contributed by atoms with Crippen LogP contribution >= 0.6 is 24.0 Å². The highest BCUT2D eigenvalue weighted by Gasteiger charge is 2.36. The van der Waals surface area contributed by atoms with Gasteiger partial charge in [-0.1, -0.05) is 30.0 Å². The Morgan fingerprint density at radius 3 is 2.32 bits per heavy atom. The van der Waals surface area contributed by atoms with Gasteiger partial charge in [0, 0.05) is 11.6 Å². The van der Waals surface area contributed by atoms with Gasteiger partial charge in [0.1, 0.15) is 17.3 Å². The summed E-state index contributed by atoms with van der Waals surface area (Å²) < 4.78 is 85.5. The van der Waals surface area contributed by atoms with E-state index in [0.717, 1.165) is 40.9 Å². The molecule has 0 bridgehead atoms. The topological polar surface area (TPSA) is 42.7 Å². The second kappa shape index (κ2) is 8.84. The first-order chi connectivity index (χ1) is 15.9. The number of ether oxygens (including phenoxy) is 1. The maximum atomic E-state index is 13.0. The van der Waals surface area contributed by atoms with Crippen molar-refractivity contribution < 1.29 is 40.3 Å². The lowest BCUT2D eigenvalue weighted by molar-refractivity contribution is -0.274. The standard InChI is InChI=1S/C22H11F6NO3S2/c23-21(24,25)13-2-1-3-14(10-13)29-19(30)18(34-20(29)33)11-16-8-9-17(31-16)12-4-6-15(7-5-12)32-22(26,27)28/h1-11H. The maximum absolute atomic E-state index is 13.0. The first-order valence-corrected chi connectivity index (χ1v) is 10.5. The number of alkyl halides is 6.